The Morgan fingerprint density at radius 1 is 1.37 bits per heavy atom. The third-order valence-electron chi connectivity index (χ3n) is 3.78. The zero-order valence-corrected chi connectivity index (χ0v) is 12.5. The Morgan fingerprint density at radius 2 is 2.05 bits per heavy atom. The van der Waals surface area contributed by atoms with E-state index in [2.05, 4.69) is 35.3 Å². The number of amides is 1. The van der Waals surface area contributed by atoms with Gasteiger partial charge in [0.15, 0.2) is 0 Å². The first kappa shape index (κ1) is 15.7. The van der Waals surface area contributed by atoms with Gasteiger partial charge >= 0.3 is 0 Å². The molecule has 0 atom stereocenters. The fourth-order valence-corrected chi connectivity index (χ4v) is 2.81. The molecule has 108 valence electrons. The molecule has 0 radical (unpaired) electrons. The molecule has 1 aliphatic rings. The predicted molar refractivity (Wildman–Crippen MR) is 80.4 cm³/mol. The van der Waals surface area contributed by atoms with Gasteiger partial charge in [0.2, 0.25) is 6.41 Å². The molecule has 0 aromatic carbocycles. The highest BCUT2D eigenvalue weighted by atomic mass is 16.1. The van der Waals surface area contributed by atoms with Crippen LogP contribution < -0.4 is 5.32 Å². The van der Waals surface area contributed by atoms with Crippen LogP contribution >= 0.6 is 0 Å². The lowest BCUT2D eigenvalue weighted by molar-refractivity contribution is -0.109. The molecule has 0 unspecified atom stereocenters. The van der Waals surface area contributed by atoms with E-state index in [9.17, 15) is 4.79 Å². The number of allylic oxidation sites excluding steroid dienone is 1. The van der Waals surface area contributed by atoms with Crippen molar-refractivity contribution in [1.29, 1.82) is 0 Å². The maximum absolute atomic E-state index is 10.5. The number of rotatable bonds is 6. The molecule has 1 rings (SSSR count). The van der Waals surface area contributed by atoms with Gasteiger partial charge in [0.25, 0.3) is 0 Å². The second-order valence-corrected chi connectivity index (χ2v) is 5.09. The van der Waals surface area contributed by atoms with E-state index in [1.807, 2.05) is 7.05 Å². The van der Waals surface area contributed by atoms with Gasteiger partial charge in [-0.3, -0.25) is 9.79 Å². The van der Waals surface area contributed by atoms with Gasteiger partial charge in [-0.25, -0.2) is 0 Å². The number of aliphatic imine (C=N–C) groups is 1. The summed E-state index contributed by atoms with van der Waals surface area (Å²) in [4.78, 5) is 17.3. The molecule has 0 aromatic rings. The largest absolute Gasteiger partial charge is 0.357 e. The molecule has 1 aliphatic carbocycles. The van der Waals surface area contributed by atoms with Crippen molar-refractivity contribution < 1.29 is 4.79 Å². The highest BCUT2D eigenvalue weighted by Gasteiger charge is 2.22. The van der Waals surface area contributed by atoms with Crippen molar-refractivity contribution in [3.8, 4) is 0 Å². The molecule has 4 nitrogen and oxygen atoms in total. The van der Waals surface area contributed by atoms with Gasteiger partial charge in [-0.1, -0.05) is 32.3 Å². The van der Waals surface area contributed by atoms with Gasteiger partial charge in [-0.15, -0.1) is 0 Å². The second-order valence-electron chi connectivity index (χ2n) is 5.09. The molecule has 0 aromatic heterocycles. The van der Waals surface area contributed by atoms with Crippen LogP contribution in [-0.2, 0) is 4.79 Å². The molecule has 19 heavy (non-hydrogen) atoms. The summed E-state index contributed by atoms with van der Waals surface area (Å²) in [7, 11) is 3.96. The molecule has 4 heteroatoms. The van der Waals surface area contributed by atoms with Crippen LogP contribution in [0.25, 0.3) is 0 Å². The Morgan fingerprint density at radius 3 is 2.58 bits per heavy atom. The summed E-state index contributed by atoms with van der Waals surface area (Å²) < 4.78 is 0. The monoisotopic (exact) mass is 265 g/mol. The van der Waals surface area contributed by atoms with Crippen molar-refractivity contribution in [2.75, 3.05) is 20.6 Å². The number of hydrogen-bond donors (Lipinski definition) is 1. The highest BCUT2D eigenvalue weighted by molar-refractivity contribution is 5.98. The van der Waals surface area contributed by atoms with Crippen molar-refractivity contribution >= 4 is 12.2 Å². The molecule has 1 amide bonds. The minimum Gasteiger partial charge on any atom is -0.357 e. The Bertz CT molecular complexity index is 330. The summed E-state index contributed by atoms with van der Waals surface area (Å²) in [6.45, 7) is 2.66. The van der Waals surface area contributed by atoms with Crippen LogP contribution in [0.4, 0.5) is 0 Å². The maximum atomic E-state index is 10.5. The minimum absolute atomic E-state index is 0.557. The first-order valence-corrected chi connectivity index (χ1v) is 7.30. The number of hydrogen-bond acceptors (Lipinski definition) is 2. The zero-order chi connectivity index (χ0) is 14.1. The fourth-order valence-electron chi connectivity index (χ4n) is 2.81. The van der Waals surface area contributed by atoms with E-state index >= 15 is 0 Å². The molecule has 1 fully saturated rings. The summed E-state index contributed by atoms with van der Waals surface area (Å²) >= 11 is 0. The van der Waals surface area contributed by atoms with Crippen LogP contribution in [0.3, 0.4) is 0 Å². The van der Waals surface area contributed by atoms with E-state index in [1.165, 1.54) is 32.1 Å². The van der Waals surface area contributed by atoms with Gasteiger partial charge in [-0.05, 0) is 19.3 Å². The Balaban J connectivity index is 2.77. The van der Waals surface area contributed by atoms with Crippen LogP contribution in [0.5, 0.6) is 0 Å². The number of carbonyl (C=O) groups excluding carboxylic acids is 1. The standard InChI is InChI=1S/C15H27N3O/c1-4-8-13(11-17-12-19)15(16-2)18(3)14-9-6-5-7-10-14/h8,12,14H,4-7,9-11H2,1-3H3,(H,17,19)/b13-8-,16-15?. The van der Waals surface area contributed by atoms with E-state index in [0.717, 1.165) is 24.2 Å². The summed E-state index contributed by atoms with van der Waals surface area (Å²) in [6.07, 6.45) is 10.3. The van der Waals surface area contributed by atoms with Gasteiger partial charge in [0, 0.05) is 32.3 Å². The van der Waals surface area contributed by atoms with Crippen molar-refractivity contribution in [2.24, 2.45) is 4.99 Å². The molecule has 0 aliphatic heterocycles. The number of carbonyl (C=O) groups is 1. The zero-order valence-electron chi connectivity index (χ0n) is 12.5. The lowest BCUT2D eigenvalue weighted by Gasteiger charge is -2.34. The van der Waals surface area contributed by atoms with E-state index in [-0.39, 0.29) is 0 Å². The van der Waals surface area contributed by atoms with E-state index < -0.39 is 0 Å². The first-order chi connectivity index (χ1) is 9.24. The van der Waals surface area contributed by atoms with E-state index in [1.54, 1.807) is 0 Å². The van der Waals surface area contributed by atoms with Crippen molar-refractivity contribution in [3.05, 3.63) is 11.6 Å². The molecule has 0 bridgehead atoms. The third kappa shape index (κ3) is 4.69. The summed E-state index contributed by atoms with van der Waals surface area (Å²) in [5, 5.41) is 2.75. The van der Waals surface area contributed by atoms with E-state index in [0.29, 0.717) is 12.6 Å². The van der Waals surface area contributed by atoms with Gasteiger partial charge in [0.05, 0.1) is 0 Å². The summed E-state index contributed by atoms with van der Waals surface area (Å²) in [6, 6.07) is 0.587. The van der Waals surface area contributed by atoms with Crippen LogP contribution in [-0.4, -0.2) is 43.8 Å². The van der Waals surface area contributed by atoms with Crippen LogP contribution in [0.2, 0.25) is 0 Å². The molecule has 1 N–H and O–H groups in total. The SMILES string of the molecule is CC/C=C(/CNC=O)C(=NC)N(C)C1CCCCC1. The minimum atomic E-state index is 0.557. The van der Waals surface area contributed by atoms with E-state index in [4.69, 9.17) is 0 Å². The lowest BCUT2D eigenvalue weighted by atomic mass is 9.94. The fraction of sp³-hybridized carbons (Fsp3) is 0.733. The van der Waals surface area contributed by atoms with Crippen LogP contribution in [0.1, 0.15) is 45.4 Å². The van der Waals surface area contributed by atoms with Gasteiger partial charge in [-0.2, -0.15) is 0 Å². The Kier molecular flexibility index (Phi) is 7.23. The molecule has 1 saturated carbocycles. The van der Waals surface area contributed by atoms with Crippen LogP contribution in [0, 0.1) is 0 Å². The normalized spacial score (nSPS) is 18.3. The number of nitrogens with one attached hydrogen (secondary N) is 1. The molecule has 0 saturated heterocycles. The average Bonchev–Trinajstić information content (AvgIpc) is 2.46. The van der Waals surface area contributed by atoms with Crippen molar-refractivity contribution in [1.82, 2.24) is 10.2 Å². The highest BCUT2D eigenvalue weighted by Crippen LogP contribution is 2.23. The van der Waals surface area contributed by atoms with Gasteiger partial charge < -0.3 is 10.2 Å². The second kappa shape index (κ2) is 8.73. The Hall–Kier alpha value is -1.32. The number of amidine groups is 1. The average molecular weight is 265 g/mol. The number of nitrogens with zero attached hydrogens (tertiary/aromatic N) is 2. The molecular formula is C15H27N3O. The molecule has 0 heterocycles. The first-order valence-electron chi connectivity index (χ1n) is 7.30. The maximum Gasteiger partial charge on any atom is 0.207 e. The topological polar surface area (TPSA) is 44.7 Å². The molecule has 0 spiro atoms. The van der Waals surface area contributed by atoms with Crippen molar-refractivity contribution in [3.63, 3.8) is 0 Å². The lowest BCUT2D eigenvalue weighted by Crippen LogP contribution is -2.40. The summed E-state index contributed by atoms with van der Waals surface area (Å²) in [5.41, 5.74) is 1.12. The van der Waals surface area contributed by atoms with Crippen LogP contribution in [0.15, 0.2) is 16.6 Å². The molecular weight excluding hydrogens is 238 g/mol. The smallest absolute Gasteiger partial charge is 0.207 e. The number of likely N-dealkylation sites (N-methyl/N-ethyl adjacent to an activating group) is 1. The summed E-state index contributed by atoms with van der Waals surface area (Å²) in [5.74, 6) is 1.02. The third-order valence-corrected chi connectivity index (χ3v) is 3.78. The van der Waals surface area contributed by atoms with Crippen molar-refractivity contribution in [2.45, 2.75) is 51.5 Å². The quantitative estimate of drug-likeness (QED) is 0.455. The predicted octanol–water partition coefficient (Wildman–Crippen LogP) is 2.36. The Labute approximate surface area is 117 Å². The van der Waals surface area contributed by atoms with Gasteiger partial charge in [0.1, 0.15) is 5.84 Å².